The number of hydrogen-bond acceptors (Lipinski definition) is 6. The molecule has 0 N–H and O–H groups in total. The van der Waals surface area contributed by atoms with Gasteiger partial charge in [0, 0.05) is 32.3 Å². The molecule has 7 heteroatoms. The van der Waals surface area contributed by atoms with E-state index < -0.39 is 0 Å². The molecule has 29 heavy (non-hydrogen) atoms. The average Bonchev–Trinajstić information content (AvgIpc) is 3.38. The van der Waals surface area contributed by atoms with Crippen molar-refractivity contribution >= 4 is 33.5 Å². The first-order valence-corrected chi connectivity index (χ1v) is 10.5. The van der Waals surface area contributed by atoms with Crippen molar-refractivity contribution in [2.75, 3.05) is 33.0 Å². The Kier molecular flexibility index (Phi) is 4.91. The summed E-state index contributed by atoms with van der Waals surface area (Å²) in [6.07, 6.45) is 3.47. The Hall–Kier alpha value is -2.90. The second-order valence-corrected chi connectivity index (χ2v) is 8.24. The molecule has 0 atom stereocenters. The molecule has 2 aromatic carbocycles. The van der Waals surface area contributed by atoms with Crippen molar-refractivity contribution in [3.8, 4) is 11.5 Å². The molecule has 148 valence electrons. The zero-order valence-corrected chi connectivity index (χ0v) is 16.7. The molecule has 0 bridgehead atoms. The van der Waals surface area contributed by atoms with Crippen LogP contribution in [0, 0.1) is 0 Å². The zero-order chi connectivity index (χ0) is 19.6. The predicted molar refractivity (Wildman–Crippen MR) is 113 cm³/mol. The predicted octanol–water partition coefficient (Wildman–Crippen LogP) is 3.38. The Morgan fingerprint density at radius 1 is 1.07 bits per heavy atom. The van der Waals surface area contributed by atoms with Gasteiger partial charge in [-0.25, -0.2) is 4.98 Å². The number of hydrogen-bond donors (Lipinski definition) is 0. The lowest BCUT2D eigenvalue weighted by Crippen LogP contribution is -2.47. The minimum absolute atomic E-state index is 0.0438. The molecular weight excluding hydrogens is 386 g/mol. The van der Waals surface area contributed by atoms with E-state index in [1.54, 1.807) is 17.4 Å². The first-order chi connectivity index (χ1) is 14.2. The Morgan fingerprint density at radius 3 is 2.76 bits per heavy atom. The van der Waals surface area contributed by atoms with E-state index in [4.69, 9.17) is 14.5 Å². The SMILES string of the molecule is O=C(/C=C/c1ccc2c(c1)OCO2)N1CCN(Cc2nc3ccccc3s2)CC1. The lowest BCUT2D eigenvalue weighted by molar-refractivity contribution is -0.127. The number of fused-ring (bicyclic) bond motifs is 2. The van der Waals surface area contributed by atoms with Crippen molar-refractivity contribution in [3.63, 3.8) is 0 Å². The van der Waals surface area contributed by atoms with Crippen LogP contribution in [0.4, 0.5) is 0 Å². The van der Waals surface area contributed by atoms with Crippen LogP contribution in [0.3, 0.4) is 0 Å². The summed E-state index contributed by atoms with van der Waals surface area (Å²) < 4.78 is 11.9. The topological polar surface area (TPSA) is 54.9 Å². The van der Waals surface area contributed by atoms with E-state index in [1.165, 1.54) is 4.70 Å². The molecule has 0 unspecified atom stereocenters. The lowest BCUT2D eigenvalue weighted by Gasteiger charge is -2.33. The van der Waals surface area contributed by atoms with Crippen molar-refractivity contribution in [3.05, 3.63) is 59.1 Å². The van der Waals surface area contributed by atoms with Crippen molar-refractivity contribution < 1.29 is 14.3 Å². The number of aromatic nitrogens is 1. The van der Waals surface area contributed by atoms with Gasteiger partial charge in [0.1, 0.15) is 5.01 Å². The molecule has 0 saturated carbocycles. The van der Waals surface area contributed by atoms with E-state index in [0.29, 0.717) is 0 Å². The van der Waals surface area contributed by atoms with Crippen molar-refractivity contribution in [2.45, 2.75) is 6.54 Å². The van der Waals surface area contributed by atoms with Crippen LogP contribution >= 0.6 is 11.3 Å². The van der Waals surface area contributed by atoms with Gasteiger partial charge in [0.25, 0.3) is 0 Å². The van der Waals surface area contributed by atoms with Gasteiger partial charge in [0.15, 0.2) is 11.5 Å². The largest absolute Gasteiger partial charge is 0.454 e. The minimum atomic E-state index is 0.0438. The standard InChI is InChI=1S/C22H21N3O3S/c26-22(8-6-16-5-7-18-19(13-16)28-15-27-18)25-11-9-24(10-12-25)14-21-23-17-3-1-2-4-20(17)29-21/h1-8,13H,9-12,14-15H2/b8-6+. The number of nitrogens with zero attached hydrogens (tertiary/aromatic N) is 3. The maximum atomic E-state index is 12.5. The molecule has 1 saturated heterocycles. The zero-order valence-electron chi connectivity index (χ0n) is 15.9. The fourth-order valence-corrected chi connectivity index (χ4v) is 4.60. The number of carbonyl (C=O) groups excluding carboxylic acids is 1. The van der Waals surface area contributed by atoms with Gasteiger partial charge in [-0.1, -0.05) is 18.2 Å². The van der Waals surface area contributed by atoms with E-state index in [1.807, 2.05) is 41.3 Å². The molecule has 3 aromatic rings. The van der Waals surface area contributed by atoms with E-state index in [2.05, 4.69) is 17.0 Å². The van der Waals surface area contributed by atoms with Gasteiger partial charge < -0.3 is 14.4 Å². The summed E-state index contributed by atoms with van der Waals surface area (Å²) >= 11 is 1.75. The third-order valence-corrected chi connectivity index (χ3v) is 6.22. The van der Waals surface area contributed by atoms with Crippen LogP contribution in [0.2, 0.25) is 0 Å². The Balaban J connectivity index is 1.15. The van der Waals surface area contributed by atoms with E-state index in [0.717, 1.165) is 60.3 Å². The van der Waals surface area contributed by atoms with Gasteiger partial charge in [-0.2, -0.15) is 0 Å². The van der Waals surface area contributed by atoms with Crippen molar-refractivity contribution in [1.29, 1.82) is 0 Å². The van der Waals surface area contributed by atoms with Crippen LogP contribution in [-0.2, 0) is 11.3 Å². The monoisotopic (exact) mass is 407 g/mol. The molecule has 3 heterocycles. The summed E-state index contributed by atoms with van der Waals surface area (Å²) in [4.78, 5) is 21.5. The number of amides is 1. The quantitative estimate of drug-likeness (QED) is 0.621. The number of ether oxygens (including phenoxy) is 2. The Morgan fingerprint density at radius 2 is 1.90 bits per heavy atom. The van der Waals surface area contributed by atoms with Crippen molar-refractivity contribution in [2.24, 2.45) is 0 Å². The number of thiazole rings is 1. The summed E-state index contributed by atoms with van der Waals surface area (Å²) in [5.41, 5.74) is 1.99. The molecule has 1 amide bonds. The van der Waals surface area contributed by atoms with Crippen LogP contribution in [0.25, 0.3) is 16.3 Å². The third-order valence-electron chi connectivity index (χ3n) is 5.20. The maximum Gasteiger partial charge on any atom is 0.246 e. The highest BCUT2D eigenvalue weighted by molar-refractivity contribution is 7.18. The number of para-hydroxylation sites is 1. The molecule has 2 aliphatic rings. The smallest absolute Gasteiger partial charge is 0.246 e. The van der Waals surface area contributed by atoms with E-state index >= 15 is 0 Å². The first kappa shape index (κ1) is 18.1. The molecule has 0 spiro atoms. The maximum absolute atomic E-state index is 12.5. The van der Waals surface area contributed by atoms with Crippen molar-refractivity contribution in [1.82, 2.24) is 14.8 Å². The molecule has 1 fully saturated rings. The Labute approximate surface area is 173 Å². The van der Waals surface area contributed by atoms with Gasteiger partial charge in [0.2, 0.25) is 12.7 Å². The normalized spacial score (nSPS) is 16.8. The van der Waals surface area contributed by atoms with Gasteiger partial charge >= 0.3 is 0 Å². The highest BCUT2D eigenvalue weighted by atomic mass is 32.1. The van der Waals surface area contributed by atoms with Crippen LogP contribution < -0.4 is 9.47 Å². The Bertz CT molecular complexity index is 1040. The van der Waals surface area contributed by atoms with E-state index in [9.17, 15) is 4.79 Å². The second kappa shape index (κ2) is 7.85. The first-order valence-electron chi connectivity index (χ1n) is 9.68. The fraction of sp³-hybridized carbons (Fsp3) is 0.273. The molecule has 6 nitrogen and oxygen atoms in total. The summed E-state index contributed by atoms with van der Waals surface area (Å²) in [6, 6.07) is 13.9. The second-order valence-electron chi connectivity index (χ2n) is 7.12. The van der Waals surface area contributed by atoms with Gasteiger partial charge in [0.05, 0.1) is 16.8 Å². The van der Waals surface area contributed by atoms with Crippen LogP contribution in [0.1, 0.15) is 10.6 Å². The molecule has 1 aromatic heterocycles. The number of carbonyl (C=O) groups is 1. The third kappa shape index (κ3) is 3.97. The molecule has 2 aliphatic heterocycles. The summed E-state index contributed by atoms with van der Waals surface area (Å²) in [7, 11) is 0. The summed E-state index contributed by atoms with van der Waals surface area (Å²) in [6.45, 7) is 4.28. The van der Waals surface area contributed by atoms with Gasteiger partial charge in [-0.3, -0.25) is 9.69 Å². The van der Waals surface area contributed by atoms with Crippen LogP contribution in [-0.4, -0.2) is 53.7 Å². The molecular formula is C22H21N3O3S. The highest BCUT2D eigenvalue weighted by Gasteiger charge is 2.20. The highest BCUT2D eigenvalue weighted by Crippen LogP contribution is 2.32. The molecule has 0 radical (unpaired) electrons. The fourth-order valence-electron chi connectivity index (χ4n) is 3.59. The van der Waals surface area contributed by atoms with Crippen LogP contribution in [0.5, 0.6) is 11.5 Å². The average molecular weight is 407 g/mol. The molecule has 0 aliphatic carbocycles. The summed E-state index contributed by atoms with van der Waals surface area (Å²) in [5, 5.41) is 1.13. The number of benzene rings is 2. The lowest BCUT2D eigenvalue weighted by atomic mass is 10.2. The summed E-state index contributed by atoms with van der Waals surface area (Å²) in [5.74, 6) is 1.52. The molecule has 5 rings (SSSR count). The van der Waals surface area contributed by atoms with Crippen LogP contribution in [0.15, 0.2) is 48.5 Å². The van der Waals surface area contributed by atoms with Gasteiger partial charge in [-0.05, 0) is 35.9 Å². The number of rotatable bonds is 4. The van der Waals surface area contributed by atoms with E-state index in [-0.39, 0.29) is 12.7 Å². The minimum Gasteiger partial charge on any atom is -0.454 e. The number of piperazine rings is 1. The van der Waals surface area contributed by atoms with Gasteiger partial charge in [-0.15, -0.1) is 11.3 Å².